The van der Waals surface area contributed by atoms with Crippen LogP contribution >= 0.6 is 0 Å². The summed E-state index contributed by atoms with van der Waals surface area (Å²) in [6.07, 6.45) is 1.25. The molecule has 0 heterocycles. The first-order valence-corrected chi connectivity index (χ1v) is 5.70. The standard InChI is InChI=1S/C13H15FN2O3/c1-3-19-13(18)11(8-15-2)12(17)16-10-6-4-9(14)5-7-10/h4-8,15H,3H2,1-2H3,(H,16,17)/b11-8+. The number of hydrogen-bond acceptors (Lipinski definition) is 4. The molecule has 0 saturated heterocycles. The van der Waals surface area contributed by atoms with Crippen LogP contribution in [-0.2, 0) is 14.3 Å². The molecule has 0 aliphatic rings. The first kappa shape index (κ1) is 14.7. The molecule has 1 amide bonds. The van der Waals surface area contributed by atoms with Gasteiger partial charge in [-0.05, 0) is 31.2 Å². The van der Waals surface area contributed by atoms with E-state index >= 15 is 0 Å². The third-order valence-electron chi connectivity index (χ3n) is 2.13. The normalized spacial score (nSPS) is 10.8. The van der Waals surface area contributed by atoms with Crippen molar-refractivity contribution in [1.82, 2.24) is 5.32 Å². The van der Waals surface area contributed by atoms with Gasteiger partial charge >= 0.3 is 5.97 Å². The van der Waals surface area contributed by atoms with Crippen molar-refractivity contribution in [2.75, 3.05) is 19.0 Å². The minimum absolute atomic E-state index is 0.159. The van der Waals surface area contributed by atoms with Crippen molar-refractivity contribution in [3.8, 4) is 0 Å². The zero-order valence-corrected chi connectivity index (χ0v) is 10.7. The number of carbonyl (C=O) groups excluding carboxylic acids is 2. The Morgan fingerprint density at radius 3 is 2.47 bits per heavy atom. The van der Waals surface area contributed by atoms with Gasteiger partial charge in [-0.2, -0.15) is 0 Å². The molecule has 0 aromatic heterocycles. The number of ether oxygens (including phenoxy) is 1. The Bertz CT molecular complexity index is 483. The Kier molecular flexibility index (Phi) is 5.53. The second-order valence-corrected chi connectivity index (χ2v) is 3.53. The van der Waals surface area contributed by atoms with Crippen LogP contribution in [-0.4, -0.2) is 25.5 Å². The lowest BCUT2D eigenvalue weighted by Gasteiger charge is -2.08. The maximum Gasteiger partial charge on any atom is 0.345 e. The molecular weight excluding hydrogens is 251 g/mol. The molecule has 1 rings (SSSR count). The first-order chi connectivity index (χ1) is 9.08. The van der Waals surface area contributed by atoms with Gasteiger partial charge in [0.2, 0.25) is 0 Å². The second kappa shape index (κ2) is 7.15. The number of hydrogen-bond donors (Lipinski definition) is 2. The van der Waals surface area contributed by atoms with Gasteiger partial charge in [-0.3, -0.25) is 4.79 Å². The average molecular weight is 266 g/mol. The van der Waals surface area contributed by atoms with Crippen LogP contribution in [0.1, 0.15) is 6.92 Å². The number of rotatable bonds is 5. The highest BCUT2D eigenvalue weighted by molar-refractivity contribution is 6.21. The van der Waals surface area contributed by atoms with E-state index in [1.54, 1.807) is 14.0 Å². The van der Waals surface area contributed by atoms with Gasteiger partial charge in [0.25, 0.3) is 5.91 Å². The summed E-state index contributed by atoms with van der Waals surface area (Å²) in [4.78, 5) is 23.5. The summed E-state index contributed by atoms with van der Waals surface area (Å²) in [6, 6.07) is 5.22. The third-order valence-corrected chi connectivity index (χ3v) is 2.13. The van der Waals surface area contributed by atoms with E-state index in [1.165, 1.54) is 30.5 Å². The maximum absolute atomic E-state index is 12.7. The lowest BCUT2D eigenvalue weighted by molar-refractivity contribution is -0.139. The van der Waals surface area contributed by atoms with E-state index in [4.69, 9.17) is 4.74 Å². The van der Waals surface area contributed by atoms with Crippen molar-refractivity contribution >= 4 is 17.6 Å². The summed E-state index contributed by atoms with van der Waals surface area (Å²) in [5.74, 6) is -1.76. The van der Waals surface area contributed by atoms with Gasteiger partial charge < -0.3 is 15.4 Å². The molecule has 0 saturated carbocycles. The highest BCUT2D eigenvalue weighted by Crippen LogP contribution is 2.10. The molecule has 102 valence electrons. The molecule has 1 aromatic carbocycles. The molecule has 0 spiro atoms. The van der Waals surface area contributed by atoms with Crippen LogP contribution in [0.5, 0.6) is 0 Å². The first-order valence-electron chi connectivity index (χ1n) is 5.70. The summed E-state index contributed by atoms with van der Waals surface area (Å²) in [7, 11) is 1.56. The molecule has 0 bridgehead atoms. The van der Waals surface area contributed by atoms with E-state index in [1.807, 2.05) is 0 Å². The minimum atomic E-state index is -0.725. The van der Waals surface area contributed by atoms with E-state index < -0.39 is 17.7 Å². The van der Waals surface area contributed by atoms with Gasteiger partial charge in [-0.25, -0.2) is 9.18 Å². The van der Waals surface area contributed by atoms with E-state index in [9.17, 15) is 14.0 Å². The zero-order chi connectivity index (χ0) is 14.3. The average Bonchev–Trinajstić information content (AvgIpc) is 2.38. The monoisotopic (exact) mass is 266 g/mol. The summed E-state index contributed by atoms with van der Waals surface area (Å²) in [5, 5.41) is 5.08. The fourth-order valence-corrected chi connectivity index (χ4v) is 1.30. The van der Waals surface area contributed by atoms with E-state index in [2.05, 4.69) is 10.6 Å². The van der Waals surface area contributed by atoms with Crippen molar-refractivity contribution in [2.45, 2.75) is 6.92 Å². The van der Waals surface area contributed by atoms with E-state index in [0.29, 0.717) is 5.69 Å². The summed E-state index contributed by atoms with van der Waals surface area (Å²) >= 11 is 0. The number of carbonyl (C=O) groups is 2. The van der Waals surface area contributed by atoms with Gasteiger partial charge in [0.15, 0.2) is 0 Å². The zero-order valence-electron chi connectivity index (χ0n) is 10.7. The highest BCUT2D eigenvalue weighted by Gasteiger charge is 2.19. The van der Waals surface area contributed by atoms with Gasteiger partial charge in [0.05, 0.1) is 6.61 Å². The fourth-order valence-electron chi connectivity index (χ4n) is 1.30. The molecule has 5 nitrogen and oxygen atoms in total. The lowest BCUT2D eigenvalue weighted by Crippen LogP contribution is -2.24. The molecule has 1 aromatic rings. The molecule has 0 unspecified atom stereocenters. The number of nitrogens with one attached hydrogen (secondary N) is 2. The Morgan fingerprint density at radius 1 is 1.32 bits per heavy atom. The molecule has 19 heavy (non-hydrogen) atoms. The van der Waals surface area contributed by atoms with Crippen LogP contribution in [0.2, 0.25) is 0 Å². The second-order valence-electron chi connectivity index (χ2n) is 3.53. The number of benzene rings is 1. The fraction of sp³-hybridized carbons (Fsp3) is 0.231. The Hall–Kier alpha value is -2.37. The van der Waals surface area contributed by atoms with Crippen LogP contribution in [0, 0.1) is 5.82 Å². The molecule has 0 atom stereocenters. The Morgan fingerprint density at radius 2 is 1.95 bits per heavy atom. The summed E-state index contributed by atoms with van der Waals surface area (Å²) in [6.45, 7) is 1.82. The van der Waals surface area contributed by atoms with Crippen LogP contribution < -0.4 is 10.6 Å². The predicted molar refractivity (Wildman–Crippen MR) is 68.8 cm³/mol. The van der Waals surface area contributed by atoms with Crippen LogP contribution in [0.3, 0.4) is 0 Å². The van der Waals surface area contributed by atoms with Crippen LogP contribution in [0.4, 0.5) is 10.1 Å². The largest absolute Gasteiger partial charge is 0.462 e. The van der Waals surface area contributed by atoms with Crippen molar-refractivity contribution in [1.29, 1.82) is 0 Å². The van der Waals surface area contributed by atoms with Crippen LogP contribution in [0.15, 0.2) is 36.0 Å². The smallest absolute Gasteiger partial charge is 0.345 e. The SMILES string of the molecule is CCOC(=O)/C(=C/NC)C(=O)Nc1ccc(F)cc1. The molecule has 0 fully saturated rings. The van der Waals surface area contributed by atoms with Crippen LogP contribution in [0.25, 0.3) is 0 Å². The lowest BCUT2D eigenvalue weighted by atomic mass is 10.2. The third kappa shape index (κ3) is 4.42. The number of anilines is 1. The molecule has 2 N–H and O–H groups in total. The van der Waals surface area contributed by atoms with Gasteiger partial charge in [0.1, 0.15) is 11.4 Å². The summed E-state index contributed by atoms with van der Waals surface area (Å²) in [5.41, 5.74) is 0.228. The van der Waals surface area contributed by atoms with Crippen molar-refractivity contribution in [2.24, 2.45) is 0 Å². The molecule has 0 aliphatic heterocycles. The number of halogens is 1. The van der Waals surface area contributed by atoms with Crippen molar-refractivity contribution in [3.63, 3.8) is 0 Å². The maximum atomic E-state index is 12.7. The topological polar surface area (TPSA) is 67.4 Å². The van der Waals surface area contributed by atoms with Gasteiger partial charge in [0, 0.05) is 18.9 Å². The Balaban J connectivity index is 2.80. The molecular formula is C13H15FN2O3. The van der Waals surface area contributed by atoms with E-state index in [0.717, 1.165) is 0 Å². The Labute approximate surface area is 110 Å². The molecule has 0 radical (unpaired) electrons. The van der Waals surface area contributed by atoms with Gasteiger partial charge in [-0.1, -0.05) is 0 Å². The quantitative estimate of drug-likeness (QED) is 0.366. The molecule has 0 aliphatic carbocycles. The predicted octanol–water partition coefficient (Wildman–Crippen LogP) is 1.43. The van der Waals surface area contributed by atoms with Gasteiger partial charge in [-0.15, -0.1) is 0 Å². The minimum Gasteiger partial charge on any atom is -0.462 e. The van der Waals surface area contributed by atoms with Crippen molar-refractivity contribution < 1.29 is 18.7 Å². The number of esters is 1. The van der Waals surface area contributed by atoms with Crippen molar-refractivity contribution in [3.05, 3.63) is 41.9 Å². The molecule has 6 heteroatoms. The number of amides is 1. The summed E-state index contributed by atoms with van der Waals surface area (Å²) < 4.78 is 17.5. The highest BCUT2D eigenvalue weighted by atomic mass is 19.1. The van der Waals surface area contributed by atoms with E-state index in [-0.39, 0.29) is 12.2 Å².